The van der Waals surface area contributed by atoms with Crippen LogP contribution >= 0.6 is 0 Å². The van der Waals surface area contributed by atoms with Crippen LogP contribution in [0.3, 0.4) is 0 Å². The van der Waals surface area contributed by atoms with E-state index in [-0.39, 0.29) is 0 Å². The summed E-state index contributed by atoms with van der Waals surface area (Å²) in [4.78, 5) is 7.60. The quantitative estimate of drug-likeness (QED) is 0.798. The first-order valence-electron chi connectivity index (χ1n) is 5.05. The molecule has 0 bridgehead atoms. The molecule has 0 aliphatic rings. The van der Waals surface area contributed by atoms with Crippen molar-refractivity contribution in [3.8, 4) is 11.3 Å². The Morgan fingerprint density at radius 1 is 1.33 bits per heavy atom. The molecule has 3 heteroatoms. The van der Waals surface area contributed by atoms with Crippen LogP contribution in [0, 0.1) is 6.92 Å². The Bertz CT molecular complexity index is 446. The molecule has 2 rings (SSSR count). The van der Waals surface area contributed by atoms with Crippen LogP contribution < -0.4 is 5.32 Å². The summed E-state index contributed by atoms with van der Waals surface area (Å²) in [7, 11) is 1.91. The van der Waals surface area contributed by atoms with Crippen molar-refractivity contribution >= 4 is 0 Å². The van der Waals surface area contributed by atoms with Crippen molar-refractivity contribution in [1.82, 2.24) is 15.3 Å². The van der Waals surface area contributed by atoms with Crippen LogP contribution in [0.15, 0.2) is 30.5 Å². The third-order valence-electron chi connectivity index (χ3n) is 2.41. The van der Waals surface area contributed by atoms with Crippen LogP contribution in [0.5, 0.6) is 0 Å². The van der Waals surface area contributed by atoms with E-state index < -0.39 is 0 Å². The Hall–Kier alpha value is -1.61. The van der Waals surface area contributed by atoms with Gasteiger partial charge in [-0.3, -0.25) is 0 Å². The van der Waals surface area contributed by atoms with E-state index in [2.05, 4.69) is 34.3 Å². The molecule has 0 saturated carbocycles. The summed E-state index contributed by atoms with van der Waals surface area (Å²) in [6.45, 7) is 2.87. The minimum atomic E-state index is 0.770. The molecular formula is C12H15N3. The number of aromatic nitrogens is 2. The average molecular weight is 201 g/mol. The van der Waals surface area contributed by atoms with E-state index in [1.165, 1.54) is 11.1 Å². The Labute approximate surface area is 89.6 Å². The zero-order chi connectivity index (χ0) is 10.7. The normalized spacial score (nSPS) is 10.5. The van der Waals surface area contributed by atoms with Gasteiger partial charge in [0.05, 0.1) is 18.4 Å². The van der Waals surface area contributed by atoms with Gasteiger partial charge in [0.25, 0.3) is 0 Å². The van der Waals surface area contributed by atoms with Crippen LogP contribution in [-0.2, 0) is 6.54 Å². The third kappa shape index (κ3) is 2.07. The standard InChI is InChI=1S/C12H15N3/c1-9-5-3-4-6-10(9)11-7-14-12(15-11)8-13-2/h3-7,13H,8H2,1-2H3,(H,14,15). The summed E-state index contributed by atoms with van der Waals surface area (Å²) in [6.07, 6.45) is 1.88. The highest BCUT2D eigenvalue weighted by Crippen LogP contribution is 2.20. The molecule has 1 aromatic carbocycles. The summed E-state index contributed by atoms with van der Waals surface area (Å²) in [5.74, 6) is 0.968. The summed E-state index contributed by atoms with van der Waals surface area (Å²) in [6, 6.07) is 8.30. The van der Waals surface area contributed by atoms with Gasteiger partial charge in [0.15, 0.2) is 0 Å². The summed E-state index contributed by atoms with van der Waals surface area (Å²) >= 11 is 0. The number of nitrogens with zero attached hydrogens (tertiary/aromatic N) is 1. The molecule has 0 spiro atoms. The first-order chi connectivity index (χ1) is 7.31. The minimum Gasteiger partial charge on any atom is -0.341 e. The monoisotopic (exact) mass is 201 g/mol. The number of rotatable bonds is 3. The van der Waals surface area contributed by atoms with E-state index in [0.717, 1.165) is 18.1 Å². The molecule has 3 nitrogen and oxygen atoms in total. The fourth-order valence-electron chi connectivity index (χ4n) is 1.63. The smallest absolute Gasteiger partial charge is 0.120 e. The molecule has 0 radical (unpaired) electrons. The SMILES string of the molecule is CNCc1ncc(-c2ccccc2C)[nH]1. The van der Waals surface area contributed by atoms with Gasteiger partial charge in [-0.1, -0.05) is 24.3 Å². The van der Waals surface area contributed by atoms with E-state index in [9.17, 15) is 0 Å². The molecule has 0 fully saturated rings. The summed E-state index contributed by atoms with van der Waals surface area (Å²) < 4.78 is 0. The van der Waals surface area contributed by atoms with E-state index in [1.54, 1.807) is 0 Å². The van der Waals surface area contributed by atoms with Crippen LogP contribution in [-0.4, -0.2) is 17.0 Å². The van der Waals surface area contributed by atoms with Crippen molar-refractivity contribution in [2.24, 2.45) is 0 Å². The summed E-state index contributed by atoms with van der Waals surface area (Å²) in [5.41, 5.74) is 3.56. The highest BCUT2D eigenvalue weighted by molar-refractivity contribution is 5.62. The highest BCUT2D eigenvalue weighted by atomic mass is 15.0. The lowest BCUT2D eigenvalue weighted by Gasteiger charge is -2.01. The molecule has 0 unspecified atom stereocenters. The maximum absolute atomic E-state index is 4.31. The van der Waals surface area contributed by atoms with E-state index in [1.807, 2.05) is 25.4 Å². The van der Waals surface area contributed by atoms with Gasteiger partial charge in [0.1, 0.15) is 5.82 Å². The lowest BCUT2D eigenvalue weighted by molar-refractivity contribution is 0.772. The Kier molecular flexibility index (Phi) is 2.83. The zero-order valence-corrected chi connectivity index (χ0v) is 9.04. The lowest BCUT2D eigenvalue weighted by Crippen LogP contribution is -2.06. The Morgan fingerprint density at radius 3 is 2.87 bits per heavy atom. The lowest BCUT2D eigenvalue weighted by atomic mass is 10.1. The van der Waals surface area contributed by atoms with Crippen molar-refractivity contribution in [3.05, 3.63) is 41.9 Å². The van der Waals surface area contributed by atoms with Crippen LogP contribution in [0.4, 0.5) is 0 Å². The first-order valence-corrected chi connectivity index (χ1v) is 5.05. The van der Waals surface area contributed by atoms with Crippen LogP contribution in [0.25, 0.3) is 11.3 Å². The van der Waals surface area contributed by atoms with Crippen molar-refractivity contribution in [1.29, 1.82) is 0 Å². The summed E-state index contributed by atoms with van der Waals surface area (Å²) in [5, 5.41) is 3.07. The van der Waals surface area contributed by atoms with Gasteiger partial charge in [0.2, 0.25) is 0 Å². The Morgan fingerprint density at radius 2 is 2.13 bits per heavy atom. The molecule has 0 aliphatic carbocycles. The number of benzene rings is 1. The van der Waals surface area contributed by atoms with Crippen molar-refractivity contribution in [3.63, 3.8) is 0 Å². The number of nitrogens with one attached hydrogen (secondary N) is 2. The van der Waals surface area contributed by atoms with Gasteiger partial charge >= 0.3 is 0 Å². The predicted molar refractivity (Wildman–Crippen MR) is 61.5 cm³/mol. The molecule has 0 atom stereocenters. The van der Waals surface area contributed by atoms with Crippen LogP contribution in [0.2, 0.25) is 0 Å². The van der Waals surface area contributed by atoms with E-state index in [4.69, 9.17) is 0 Å². The molecule has 1 aromatic heterocycles. The van der Waals surface area contributed by atoms with E-state index >= 15 is 0 Å². The van der Waals surface area contributed by atoms with Gasteiger partial charge in [0, 0.05) is 5.56 Å². The second-order valence-corrected chi connectivity index (χ2v) is 3.59. The van der Waals surface area contributed by atoms with Gasteiger partial charge in [-0.05, 0) is 19.5 Å². The van der Waals surface area contributed by atoms with Crippen molar-refractivity contribution < 1.29 is 0 Å². The second kappa shape index (κ2) is 4.28. The van der Waals surface area contributed by atoms with Gasteiger partial charge in [-0.2, -0.15) is 0 Å². The van der Waals surface area contributed by atoms with E-state index in [0.29, 0.717) is 0 Å². The molecule has 2 aromatic rings. The number of hydrogen-bond donors (Lipinski definition) is 2. The molecule has 78 valence electrons. The first kappa shape index (κ1) is 9.93. The molecular weight excluding hydrogens is 186 g/mol. The number of aromatic amines is 1. The fraction of sp³-hybridized carbons (Fsp3) is 0.250. The number of imidazole rings is 1. The van der Waals surface area contributed by atoms with Gasteiger partial charge < -0.3 is 10.3 Å². The zero-order valence-electron chi connectivity index (χ0n) is 9.04. The topological polar surface area (TPSA) is 40.7 Å². The van der Waals surface area contributed by atoms with Gasteiger partial charge in [-0.15, -0.1) is 0 Å². The molecule has 2 N–H and O–H groups in total. The second-order valence-electron chi connectivity index (χ2n) is 3.59. The highest BCUT2D eigenvalue weighted by Gasteiger charge is 2.04. The number of aryl methyl sites for hydroxylation is 1. The van der Waals surface area contributed by atoms with Gasteiger partial charge in [-0.25, -0.2) is 4.98 Å². The molecule has 0 amide bonds. The molecule has 0 aliphatic heterocycles. The Balaban J connectivity index is 2.33. The predicted octanol–water partition coefficient (Wildman–Crippen LogP) is 2.10. The maximum atomic E-state index is 4.31. The average Bonchev–Trinajstić information content (AvgIpc) is 2.68. The number of H-pyrrole nitrogens is 1. The molecule has 1 heterocycles. The minimum absolute atomic E-state index is 0.770. The van der Waals surface area contributed by atoms with Crippen molar-refractivity contribution in [2.75, 3.05) is 7.05 Å². The molecule has 0 saturated heterocycles. The molecule has 15 heavy (non-hydrogen) atoms. The van der Waals surface area contributed by atoms with Crippen molar-refractivity contribution in [2.45, 2.75) is 13.5 Å². The maximum Gasteiger partial charge on any atom is 0.120 e. The number of hydrogen-bond acceptors (Lipinski definition) is 2. The largest absolute Gasteiger partial charge is 0.341 e. The fourth-order valence-corrected chi connectivity index (χ4v) is 1.63. The van der Waals surface area contributed by atoms with Crippen LogP contribution in [0.1, 0.15) is 11.4 Å². The third-order valence-corrected chi connectivity index (χ3v) is 2.41.